The summed E-state index contributed by atoms with van der Waals surface area (Å²) in [5.74, 6) is 1.73. The van der Waals surface area contributed by atoms with Gasteiger partial charge in [0.15, 0.2) is 11.5 Å². The van der Waals surface area contributed by atoms with Crippen molar-refractivity contribution >= 4 is 27.5 Å². The third kappa shape index (κ3) is 3.27. The summed E-state index contributed by atoms with van der Waals surface area (Å²) in [6.07, 6.45) is 0. The van der Waals surface area contributed by atoms with Crippen molar-refractivity contribution in [3.63, 3.8) is 0 Å². The van der Waals surface area contributed by atoms with Crippen LogP contribution in [0.1, 0.15) is 16.5 Å². The molecule has 0 amide bonds. The van der Waals surface area contributed by atoms with Gasteiger partial charge in [0.25, 0.3) is 0 Å². The van der Waals surface area contributed by atoms with Gasteiger partial charge in [0.05, 0.1) is 26.7 Å². The minimum Gasteiger partial charge on any atom is -0.493 e. The Bertz CT molecular complexity index is 614. The van der Waals surface area contributed by atoms with E-state index in [1.54, 1.807) is 21.3 Å². The van der Waals surface area contributed by atoms with Gasteiger partial charge >= 0.3 is 0 Å². The van der Waals surface area contributed by atoms with E-state index in [0.29, 0.717) is 17.2 Å². The van der Waals surface area contributed by atoms with Gasteiger partial charge in [-0.15, -0.1) is 11.6 Å². The van der Waals surface area contributed by atoms with Crippen molar-refractivity contribution in [1.29, 1.82) is 0 Å². The van der Waals surface area contributed by atoms with Gasteiger partial charge in [-0.1, -0.05) is 28.1 Å². The van der Waals surface area contributed by atoms with E-state index in [0.717, 1.165) is 15.6 Å². The summed E-state index contributed by atoms with van der Waals surface area (Å²) in [5, 5.41) is -0.340. The molecule has 1 atom stereocenters. The molecule has 2 rings (SSSR count). The molecule has 0 spiro atoms. The van der Waals surface area contributed by atoms with Crippen molar-refractivity contribution in [2.24, 2.45) is 0 Å². The molecule has 0 fully saturated rings. The molecule has 0 aliphatic rings. The molecule has 0 radical (unpaired) electrons. The van der Waals surface area contributed by atoms with E-state index in [2.05, 4.69) is 15.9 Å². The summed E-state index contributed by atoms with van der Waals surface area (Å²) in [4.78, 5) is 0. The van der Waals surface area contributed by atoms with Gasteiger partial charge in [-0.25, -0.2) is 0 Å². The van der Waals surface area contributed by atoms with Crippen LogP contribution in [0.15, 0.2) is 40.9 Å². The summed E-state index contributed by atoms with van der Waals surface area (Å²) < 4.78 is 17.2. The number of methoxy groups -OCH3 is 3. The van der Waals surface area contributed by atoms with Crippen molar-refractivity contribution in [3.8, 4) is 17.2 Å². The van der Waals surface area contributed by atoms with E-state index < -0.39 is 0 Å². The lowest BCUT2D eigenvalue weighted by Crippen LogP contribution is -2.01. The molecule has 1 unspecified atom stereocenters. The average molecular weight is 372 g/mol. The van der Waals surface area contributed by atoms with Gasteiger partial charge in [-0.2, -0.15) is 0 Å². The van der Waals surface area contributed by atoms with Gasteiger partial charge in [-0.05, 0) is 29.8 Å². The average Bonchev–Trinajstić information content (AvgIpc) is 2.53. The lowest BCUT2D eigenvalue weighted by atomic mass is 10.0. The highest BCUT2D eigenvalue weighted by Crippen LogP contribution is 2.45. The zero-order valence-corrected chi connectivity index (χ0v) is 14.4. The molecule has 0 saturated carbocycles. The SMILES string of the molecule is COc1ccc(C(Cl)c2ccc(Br)cc2)c(OC)c1OC. The Morgan fingerprint density at radius 1 is 0.857 bits per heavy atom. The van der Waals surface area contributed by atoms with Crippen LogP contribution in [-0.2, 0) is 0 Å². The zero-order chi connectivity index (χ0) is 15.4. The minimum atomic E-state index is -0.340. The summed E-state index contributed by atoms with van der Waals surface area (Å²) in [6, 6.07) is 11.6. The van der Waals surface area contributed by atoms with Crippen LogP contribution in [0.25, 0.3) is 0 Å². The molecule has 0 aliphatic carbocycles. The van der Waals surface area contributed by atoms with Gasteiger partial charge in [0, 0.05) is 10.0 Å². The minimum absolute atomic E-state index is 0.340. The second-order valence-corrected chi connectivity index (χ2v) is 5.69. The normalized spacial score (nSPS) is 11.9. The topological polar surface area (TPSA) is 27.7 Å². The highest BCUT2D eigenvalue weighted by Gasteiger charge is 2.22. The van der Waals surface area contributed by atoms with Crippen LogP contribution in [0.2, 0.25) is 0 Å². The van der Waals surface area contributed by atoms with Crippen LogP contribution in [-0.4, -0.2) is 21.3 Å². The Morgan fingerprint density at radius 2 is 1.48 bits per heavy atom. The van der Waals surface area contributed by atoms with E-state index in [9.17, 15) is 0 Å². The molecule has 21 heavy (non-hydrogen) atoms. The second kappa shape index (κ2) is 7.05. The third-order valence-electron chi connectivity index (χ3n) is 3.17. The molecule has 0 bridgehead atoms. The number of rotatable bonds is 5. The molecule has 0 N–H and O–H groups in total. The molecule has 2 aromatic rings. The summed E-state index contributed by atoms with van der Waals surface area (Å²) in [6.45, 7) is 0. The molecule has 5 heteroatoms. The van der Waals surface area contributed by atoms with Crippen molar-refractivity contribution < 1.29 is 14.2 Å². The second-order valence-electron chi connectivity index (χ2n) is 4.34. The van der Waals surface area contributed by atoms with Crippen molar-refractivity contribution in [2.75, 3.05) is 21.3 Å². The number of alkyl halides is 1. The lowest BCUT2D eigenvalue weighted by molar-refractivity contribution is 0.322. The van der Waals surface area contributed by atoms with E-state index in [-0.39, 0.29) is 5.38 Å². The first-order valence-electron chi connectivity index (χ1n) is 6.30. The molecular weight excluding hydrogens is 356 g/mol. The molecule has 0 saturated heterocycles. The maximum atomic E-state index is 6.60. The predicted molar refractivity (Wildman–Crippen MR) is 87.9 cm³/mol. The van der Waals surface area contributed by atoms with E-state index in [1.165, 1.54) is 0 Å². The monoisotopic (exact) mass is 370 g/mol. The number of halogens is 2. The van der Waals surface area contributed by atoms with Crippen LogP contribution in [0.3, 0.4) is 0 Å². The fourth-order valence-electron chi connectivity index (χ4n) is 2.14. The number of hydrogen-bond donors (Lipinski definition) is 0. The predicted octanol–water partition coefficient (Wildman–Crippen LogP) is 4.80. The van der Waals surface area contributed by atoms with E-state index in [1.807, 2.05) is 36.4 Å². The largest absolute Gasteiger partial charge is 0.493 e. The van der Waals surface area contributed by atoms with Crippen molar-refractivity contribution in [1.82, 2.24) is 0 Å². The maximum absolute atomic E-state index is 6.60. The molecule has 112 valence electrons. The Hall–Kier alpha value is -1.39. The Labute approximate surface area is 137 Å². The highest BCUT2D eigenvalue weighted by atomic mass is 79.9. The standard InChI is InChI=1S/C16H16BrClO3/c1-19-13-9-8-12(15(20-2)16(13)21-3)14(18)10-4-6-11(17)7-5-10/h4-9,14H,1-3H3. The maximum Gasteiger partial charge on any atom is 0.203 e. The summed E-state index contributed by atoms with van der Waals surface area (Å²) in [5.41, 5.74) is 1.81. The number of hydrogen-bond acceptors (Lipinski definition) is 3. The fourth-order valence-corrected chi connectivity index (χ4v) is 2.72. The fraction of sp³-hybridized carbons (Fsp3) is 0.250. The number of ether oxygens (including phenoxy) is 3. The van der Waals surface area contributed by atoms with E-state index >= 15 is 0 Å². The number of benzene rings is 2. The van der Waals surface area contributed by atoms with Crippen LogP contribution in [0, 0.1) is 0 Å². The zero-order valence-electron chi connectivity index (χ0n) is 12.0. The van der Waals surface area contributed by atoms with Gasteiger partial charge < -0.3 is 14.2 Å². The third-order valence-corrected chi connectivity index (χ3v) is 4.19. The quantitative estimate of drug-likeness (QED) is 0.706. The van der Waals surface area contributed by atoms with Gasteiger partial charge in [-0.3, -0.25) is 0 Å². The first-order valence-corrected chi connectivity index (χ1v) is 7.53. The smallest absolute Gasteiger partial charge is 0.203 e. The van der Waals surface area contributed by atoms with E-state index in [4.69, 9.17) is 25.8 Å². The Kier molecular flexibility index (Phi) is 5.37. The van der Waals surface area contributed by atoms with Crippen molar-refractivity contribution in [3.05, 3.63) is 52.0 Å². The lowest BCUT2D eigenvalue weighted by Gasteiger charge is -2.19. The Balaban J connectivity index is 2.50. The first-order chi connectivity index (χ1) is 10.1. The van der Waals surface area contributed by atoms with Crippen LogP contribution in [0.4, 0.5) is 0 Å². The van der Waals surface area contributed by atoms with Crippen LogP contribution < -0.4 is 14.2 Å². The van der Waals surface area contributed by atoms with Crippen LogP contribution in [0.5, 0.6) is 17.2 Å². The molecule has 3 nitrogen and oxygen atoms in total. The summed E-state index contributed by atoms with van der Waals surface area (Å²) in [7, 11) is 4.75. The van der Waals surface area contributed by atoms with Gasteiger partial charge in [0.2, 0.25) is 5.75 Å². The highest BCUT2D eigenvalue weighted by molar-refractivity contribution is 9.10. The van der Waals surface area contributed by atoms with Crippen molar-refractivity contribution in [2.45, 2.75) is 5.38 Å². The summed E-state index contributed by atoms with van der Waals surface area (Å²) >= 11 is 10.0. The van der Waals surface area contributed by atoms with Crippen LogP contribution >= 0.6 is 27.5 Å². The molecular formula is C16H16BrClO3. The first kappa shape index (κ1) is 16.0. The molecule has 0 heterocycles. The molecule has 0 aromatic heterocycles. The Morgan fingerprint density at radius 3 is 2.00 bits per heavy atom. The molecule has 2 aromatic carbocycles. The molecule has 0 aliphatic heterocycles. The van der Waals surface area contributed by atoms with Gasteiger partial charge in [0.1, 0.15) is 0 Å².